The van der Waals surface area contributed by atoms with Gasteiger partial charge in [0.15, 0.2) is 0 Å². The third-order valence-electron chi connectivity index (χ3n) is 3.32. The van der Waals surface area contributed by atoms with Gasteiger partial charge in [0.2, 0.25) is 0 Å². The van der Waals surface area contributed by atoms with E-state index < -0.39 is 0 Å². The summed E-state index contributed by atoms with van der Waals surface area (Å²) in [6.45, 7) is 6.80. The van der Waals surface area contributed by atoms with Crippen LogP contribution in [0.15, 0.2) is 0 Å². The van der Waals surface area contributed by atoms with Crippen molar-refractivity contribution in [3.05, 3.63) is 0 Å². The van der Waals surface area contributed by atoms with E-state index in [2.05, 4.69) is 20.8 Å². The molecule has 0 saturated heterocycles. The van der Waals surface area contributed by atoms with Crippen molar-refractivity contribution in [3.63, 3.8) is 0 Å². The summed E-state index contributed by atoms with van der Waals surface area (Å²) < 4.78 is 0. The van der Waals surface area contributed by atoms with Gasteiger partial charge in [-0.25, -0.2) is 0 Å². The summed E-state index contributed by atoms with van der Waals surface area (Å²) in [7, 11) is 0. The first-order chi connectivity index (χ1) is 7.13. The molecule has 3 atom stereocenters. The van der Waals surface area contributed by atoms with Gasteiger partial charge < -0.3 is 10.2 Å². The van der Waals surface area contributed by atoms with E-state index in [4.69, 9.17) is 5.11 Å². The summed E-state index contributed by atoms with van der Waals surface area (Å²) >= 11 is 0. The van der Waals surface area contributed by atoms with Gasteiger partial charge in [-0.1, -0.05) is 33.6 Å². The van der Waals surface area contributed by atoms with Crippen LogP contribution in [-0.2, 0) is 0 Å². The summed E-state index contributed by atoms with van der Waals surface area (Å²) in [5.41, 5.74) is 0. The maximum Gasteiger partial charge on any atom is 0.0545 e. The lowest BCUT2D eigenvalue weighted by molar-refractivity contribution is 0.110. The standard InChI is InChI=1S/C13H28O2/c1-4-11(3)9-13(15)10-12(5-2)7-6-8-14/h11-15H,4-10H2,1-3H3. The van der Waals surface area contributed by atoms with Gasteiger partial charge in [-0.2, -0.15) is 0 Å². The zero-order chi connectivity index (χ0) is 11.7. The van der Waals surface area contributed by atoms with Crippen molar-refractivity contribution in [1.82, 2.24) is 0 Å². The van der Waals surface area contributed by atoms with Gasteiger partial charge in [-0.05, 0) is 37.5 Å². The summed E-state index contributed by atoms with van der Waals surface area (Å²) in [6, 6.07) is 0. The van der Waals surface area contributed by atoms with Crippen molar-refractivity contribution in [3.8, 4) is 0 Å². The van der Waals surface area contributed by atoms with Crippen molar-refractivity contribution in [1.29, 1.82) is 0 Å². The molecule has 0 fully saturated rings. The molecule has 0 saturated carbocycles. The lowest BCUT2D eigenvalue weighted by Gasteiger charge is -2.20. The van der Waals surface area contributed by atoms with Crippen LogP contribution >= 0.6 is 0 Å². The topological polar surface area (TPSA) is 40.5 Å². The van der Waals surface area contributed by atoms with Crippen molar-refractivity contribution in [2.75, 3.05) is 6.61 Å². The van der Waals surface area contributed by atoms with E-state index >= 15 is 0 Å². The van der Waals surface area contributed by atoms with Crippen molar-refractivity contribution in [2.24, 2.45) is 11.8 Å². The molecule has 0 bridgehead atoms. The monoisotopic (exact) mass is 216 g/mol. The third kappa shape index (κ3) is 7.80. The van der Waals surface area contributed by atoms with E-state index in [-0.39, 0.29) is 12.7 Å². The zero-order valence-corrected chi connectivity index (χ0v) is 10.6. The van der Waals surface area contributed by atoms with Crippen LogP contribution in [0.1, 0.15) is 59.3 Å². The molecule has 92 valence electrons. The van der Waals surface area contributed by atoms with Crippen LogP contribution in [0, 0.1) is 11.8 Å². The molecule has 0 aliphatic heterocycles. The number of aliphatic hydroxyl groups excluding tert-OH is 2. The van der Waals surface area contributed by atoms with Crippen molar-refractivity contribution >= 4 is 0 Å². The summed E-state index contributed by atoms with van der Waals surface area (Å²) in [5.74, 6) is 1.20. The van der Waals surface area contributed by atoms with E-state index in [1.807, 2.05) is 0 Å². The molecule has 3 unspecified atom stereocenters. The Balaban J connectivity index is 3.74. The molecule has 0 aliphatic rings. The zero-order valence-electron chi connectivity index (χ0n) is 10.6. The van der Waals surface area contributed by atoms with Crippen LogP contribution in [0.5, 0.6) is 0 Å². The average Bonchev–Trinajstić information content (AvgIpc) is 2.23. The van der Waals surface area contributed by atoms with Gasteiger partial charge in [0.1, 0.15) is 0 Å². The molecule has 0 heterocycles. The number of rotatable bonds is 9. The quantitative estimate of drug-likeness (QED) is 0.622. The van der Waals surface area contributed by atoms with Gasteiger partial charge in [0, 0.05) is 6.61 Å². The Morgan fingerprint density at radius 2 is 1.73 bits per heavy atom. The van der Waals surface area contributed by atoms with E-state index in [1.54, 1.807) is 0 Å². The Labute approximate surface area is 94.7 Å². The molecule has 0 aliphatic carbocycles. The Hall–Kier alpha value is -0.0800. The Bertz CT molecular complexity index is 136. The second-order valence-electron chi connectivity index (χ2n) is 4.78. The molecule has 0 aromatic heterocycles. The molecule has 15 heavy (non-hydrogen) atoms. The van der Waals surface area contributed by atoms with Gasteiger partial charge >= 0.3 is 0 Å². The Morgan fingerprint density at radius 3 is 2.20 bits per heavy atom. The maximum absolute atomic E-state index is 9.89. The van der Waals surface area contributed by atoms with Crippen LogP contribution in [0.2, 0.25) is 0 Å². The van der Waals surface area contributed by atoms with Crippen LogP contribution < -0.4 is 0 Å². The SMILES string of the molecule is CCC(C)CC(O)CC(CC)CCCO. The highest BCUT2D eigenvalue weighted by atomic mass is 16.3. The predicted octanol–water partition coefficient (Wildman–Crippen LogP) is 2.97. The summed E-state index contributed by atoms with van der Waals surface area (Å²) in [4.78, 5) is 0. The molecule has 0 radical (unpaired) electrons. The first kappa shape index (κ1) is 14.9. The largest absolute Gasteiger partial charge is 0.396 e. The minimum absolute atomic E-state index is 0.149. The predicted molar refractivity (Wildman–Crippen MR) is 64.8 cm³/mol. The molecular weight excluding hydrogens is 188 g/mol. The van der Waals surface area contributed by atoms with E-state index in [0.29, 0.717) is 11.8 Å². The van der Waals surface area contributed by atoms with Crippen molar-refractivity contribution < 1.29 is 10.2 Å². The smallest absolute Gasteiger partial charge is 0.0545 e. The Morgan fingerprint density at radius 1 is 1.07 bits per heavy atom. The van der Waals surface area contributed by atoms with Gasteiger partial charge in [0.05, 0.1) is 6.10 Å². The van der Waals surface area contributed by atoms with Crippen LogP contribution in [0.3, 0.4) is 0 Å². The molecule has 0 amide bonds. The third-order valence-corrected chi connectivity index (χ3v) is 3.32. The minimum Gasteiger partial charge on any atom is -0.396 e. The first-order valence-electron chi connectivity index (χ1n) is 6.42. The molecule has 0 aromatic carbocycles. The maximum atomic E-state index is 9.89. The molecule has 0 rings (SSSR count). The number of aliphatic hydroxyl groups is 2. The lowest BCUT2D eigenvalue weighted by atomic mass is 9.90. The van der Waals surface area contributed by atoms with Crippen LogP contribution in [0.25, 0.3) is 0 Å². The first-order valence-corrected chi connectivity index (χ1v) is 6.42. The Kier molecular flexibility index (Phi) is 9.12. The van der Waals surface area contributed by atoms with E-state index in [1.165, 1.54) is 0 Å². The summed E-state index contributed by atoms with van der Waals surface area (Å²) in [5, 5.41) is 18.7. The highest BCUT2D eigenvalue weighted by molar-refractivity contribution is 4.66. The second kappa shape index (κ2) is 9.17. The van der Waals surface area contributed by atoms with Crippen LogP contribution in [0.4, 0.5) is 0 Å². The fourth-order valence-corrected chi connectivity index (χ4v) is 1.98. The minimum atomic E-state index is -0.149. The van der Waals surface area contributed by atoms with Crippen LogP contribution in [-0.4, -0.2) is 22.9 Å². The molecule has 0 spiro atoms. The number of hydrogen-bond acceptors (Lipinski definition) is 2. The molecule has 2 N–H and O–H groups in total. The van der Waals surface area contributed by atoms with E-state index in [9.17, 15) is 5.11 Å². The van der Waals surface area contributed by atoms with Gasteiger partial charge in [-0.3, -0.25) is 0 Å². The average molecular weight is 216 g/mol. The van der Waals surface area contributed by atoms with E-state index in [0.717, 1.165) is 38.5 Å². The fraction of sp³-hybridized carbons (Fsp3) is 1.00. The van der Waals surface area contributed by atoms with Gasteiger partial charge in [0.25, 0.3) is 0 Å². The molecule has 0 aromatic rings. The lowest BCUT2D eigenvalue weighted by Crippen LogP contribution is -2.16. The number of hydrogen-bond donors (Lipinski definition) is 2. The second-order valence-corrected chi connectivity index (χ2v) is 4.78. The highest BCUT2D eigenvalue weighted by Crippen LogP contribution is 2.21. The van der Waals surface area contributed by atoms with Gasteiger partial charge in [-0.15, -0.1) is 0 Å². The molecular formula is C13H28O2. The molecule has 2 nitrogen and oxygen atoms in total. The van der Waals surface area contributed by atoms with Crippen molar-refractivity contribution in [2.45, 2.75) is 65.4 Å². The molecule has 2 heteroatoms. The highest BCUT2D eigenvalue weighted by Gasteiger charge is 2.14. The summed E-state index contributed by atoms with van der Waals surface area (Å²) in [6.07, 6.45) is 5.84. The fourth-order valence-electron chi connectivity index (χ4n) is 1.98. The normalized spacial score (nSPS) is 17.4.